The number of halogens is 3. The Bertz CT molecular complexity index is 1070. The van der Waals surface area contributed by atoms with Gasteiger partial charge >= 0.3 is 6.18 Å². The highest BCUT2D eigenvalue weighted by atomic mass is 19.4. The van der Waals surface area contributed by atoms with E-state index in [1.54, 1.807) is 28.2 Å². The van der Waals surface area contributed by atoms with Gasteiger partial charge in [-0.3, -0.25) is 14.8 Å². The minimum atomic E-state index is -4.14. The molecule has 0 spiro atoms. The van der Waals surface area contributed by atoms with Gasteiger partial charge in [-0.25, -0.2) is 0 Å². The molecule has 4 heterocycles. The molecule has 10 heteroatoms. The normalized spacial score (nSPS) is 16.1. The van der Waals surface area contributed by atoms with Crippen molar-refractivity contribution in [3.8, 4) is 11.5 Å². The zero-order chi connectivity index (χ0) is 22.0. The molecule has 1 aliphatic rings. The Morgan fingerprint density at radius 3 is 2.55 bits per heavy atom. The van der Waals surface area contributed by atoms with E-state index in [-0.39, 0.29) is 24.7 Å². The summed E-state index contributed by atoms with van der Waals surface area (Å²) in [5.41, 5.74) is 1.36. The molecule has 0 radical (unpaired) electrons. The number of piperidine rings is 1. The largest absolute Gasteiger partial charge is 0.390 e. The molecule has 1 saturated heterocycles. The maximum atomic E-state index is 12.8. The van der Waals surface area contributed by atoms with Crippen LogP contribution in [-0.2, 0) is 18.3 Å². The highest BCUT2D eigenvalue weighted by Crippen LogP contribution is 2.25. The van der Waals surface area contributed by atoms with Crippen LogP contribution in [0.3, 0.4) is 0 Å². The number of hydrogen-bond donors (Lipinski definition) is 0. The Kier molecular flexibility index (Phi) is 5.99. The summed E-state index contributed by atoms with van der Waals surface area (Å²) < 4.78 is 39.0. The lowest BCUT2D eigenvalue weighted by atomic mass is 9.90. The van der Waals surface area contributed by atoms with E-state index in [9.17, 15) is 18.0 Å². The van der Waals surface area contributed by atoms with Crippen LogP contribution in [0.2, 0.25) is 0 Å². The van der Waals surface area contributed by atoms with Crippen molar-refractivity contribution in [1.82, 2.24) is 29.6 Å². The van der Waals surface area contributed by atoms with E-state index in [4.69, 9.17) is 0 Å². The Hall–Kier alpha value is -2.88. The van der Waals surface area contributed by atoms with E-state index >= 15 is 0 Å². The third-order valence-electron chi connectivity index (χ3n) is 5.71. The van der Waals surface area contributed by atoms with E-state index in [1.165, 1.54) is 0 Å². The molecule has 1 fully saturated rings. The number of pyridine rings is 2. The van der Waals surface area contributed by atoms with Crippen LogP contribution >= 0.6 is 0 Å². The number of carbonyl (C=O) groups excluding carboxylic acids is 1. The molecule has 0 amide bonds. The van der Waals surface area contributed by atoms with Gasteiger partial charge in [0.05, 0.1) is 6.42 Å². The fourth-order valence-corrected chi connectivity index (χ4v) is 3.90. The first kappa shape index (κ1) is 21.4. The molecule has 0 N–H and O–H groups in total. The topological polar surface area (TPSA) is 76.8 Å². The Morgan fingerprint density at radius 2 is 1.87 bits per heavy atom. The van der Waals surface area contributed by atoms with Gasteiger partial charge in [-0.15, -0.1) is 10.2 Å². The first-order valence-electron chi connectivity index (χ1n) is 10.2. The van der Waals surface area contributed by atoms with Crippen molar-refractivity contribution in [2.24, 2.45) is 13.0 Å². The van der Waals surface area contributed by atoms with Gasteiger partial charge in [0, 0.05) is 49.4 Å². The Balaban J connectivity index is 1.39. The van der Waals surface area contributed by atoms with Gasteiger partial charge in [-0.1, -0.05) is 0 Å². The summed E-state index contributed by atoms with van der Waals surface area (Å²) in [4.78, 5) is 23.3. The van der Waals surface area contributed by atoms with Crippen LogP contribution in [0.25, 0.3) is 22.3 Å². The van der Waals surface area contributed by atoms with Crippen molar-refractivity contribution in [2.45, 2.75) is 31.9 Å². The van der Waals surface area contributed by atoms with Gasteiger partial charge in [0.2, 0.25) is 0 Å². The molecule has 0 bridgehead atoms. The lowest BCUT2D eigenvalue weighted by Crippen LogP contribution is -2.38. The van der Waals surface area contributed by atoms with E-state index in [1.807, 2.05) is 19.2 Å². The van der Waals surface area contributed by atoms with Crippen LogP contribution < -0.4 is 0 Å². The van der Waals surface area contributed by atoms with Crippen LogP contribution in [0, 0.1) is 5.92 Å². The van der Waals surface area contributed by atoms with Crippen LogP contribution in [0.1, 0.15) is 25.0 Å². The number of likely N-dealkylation sites (tertiary alicyclic amines) is 1. The standard InChI is InChI=1S/C21H23F3N6O/c1-29-13-27-28-20(29)18-9-15-8-17(25-11-16(15)12-26-18)10-19(31)14-2-5-30(6-3-14)7-4-21(22,23)24/h8-9,11-14H,2-7,10H2,1H3. The second-order valence-corrected chi connectivity index (χ2v) is 7.98. The molecule has 3 aromatic rings. The zero-order valence-corrected chi connectivity index (χ0v) is 17.1. The smallest absolute Gasteiger partial charge is 0.315 e. The van der Waals surface area contributed by atoms with E-state index in [0.717, 1.165) is 10.8 Å². The molecule has 7 nitrogen and oxygen atoms in total. The summed E-state index contributed by atoms with van der Waals surface area (Å²) in [7, 11) is 1.84. The molecule has 0 aromatic carbocycles. The van der Waals surface area contributed by atoms with Gasteiger partial charge < -0.3 is 9.47 Å². The van der Waals surface area contributed by atoms with Crippen molar-refractivity contribution in [3.05, 3.63) is 36.5 Å². The predicted octanol–water partition coefficient (Wildman–Crippen LogP) is 3.20. The number of alkyl halides is 3. The van der Waals surface area contributed by atoms with E-state index < -0.39 is 12.6 Å². The summed E-state index contributed by atoms with van der Waals surface area (Å²) in [5.74, 6) is 0.602. The number of ketones is 1. The lowest BCUT2D eigenvalue weighted by molar-refractivity contribution is -0.139. The number of carbonyl (C=O) groups is 1. The van der Waals surface area contributed by atoms with E-state index in [0.29, 0.717) is 43.1 Å². The molecule has 0 unspecified atom stereocenters. The number of aryl methyl sites for hydroxylation is 1. The monoisotopic (exact) mass is 432 g/mol. The third kappa shape index (κ3) is 5.25. The fraction of sp³-hybridized carbons (Fsp3) is 0.476. The van der Waals surface area contributed by atoms with Crippen molar-refractivity contribution < 1.29 is 18.0 Å². The Labute approximate surface area is 177 Å². The maximum Gasteiger partial charge on any atom is 0.390 e. The van der Waals surface area contributed by atoms with Crippen molar-refractivity contribution in [2.75, 3.05) is 19.6 Å². The Morgan fingerprint density at radius 1 is 1.13 bits per heavy atom. The van der Waals surface area contributed by atoms with Crippen LogP contribution in [0.5, 0.6) is 0 Å². The minimum Gasteiger partial charge on any atom is -0.315 e. The molecule has 31 heavy (non-hydrogen) atoms. The molecular weight excluding hydrogens is 409 g/mol. The third-order valence-corrected chi connectivity index (χ3v) is 5.71. The number of Topliss-reactive ketones (excluding diaryl/α,β-unsaturated/α-hetero) is 1. The highest BCUT2D eigenvalue weighted by molar-refractivity contribution is 5.87. The zero-order valence-electron chi connectivity index (χ0n) is 17.1. The van der Waals surface area contributed by atoms with Gasteiger partial charge in [-0.05, 0) is 43.5 Å². The molecule has 164 valence electrons. The van der Waals surface area contributed by atoms with Crippen LogP contribution in [0.4, 0.5) is 13.2 Å². The molecule has 0 atom stereocenters. The second-order valence-electron chi connectivity index (χ2n) is 7.98. The van der Waals surface area contributed by atoms with Gasteiger partial charge in [0.15, 0.2) is 5.82 Å². The molecule has 0 saturated carbocycles. The highest BCUT2D eigenvalue weighted by Gasteiger charge is 2.30. The first-order chi connectivity index (χ1) is 14.8. The molecule has 4 rings (SSSR count). The molecule has 3 aromatic heterocycles. The van der Waals surface area contributed by atoms with Crippen molar-refractivity contribution >= 4 is 16.6 Å². The summed E-state index contributed by atoms with van der Waals surface area (Å²) in [6, 6.07) is 3.78. The SMILES string of the molecule is Cn1cnnc1-c1cc2cc(CC(=O)C3CCN(CCC(F)(F)F)CC3)ncc2cn1. The molecule has 1 aliphatic heterocycles. The molecular formula is C21H23F3N6O. The van der Waals surface area contributed by atoms with E-state index in [2.05, 4.69) is 20.2 Å². The summed E-state index contributed by atoms with van der Waals surface area (Å²) in [6.07, 6.45) is 1.46. The minimum absolute atomic E-state index is 0.00146. The van der Waals surface area contributed by atoms with Gasteiger partial charge in [0.25, 0.3) is 0 Å². The summed E-state index contributed by atoms with van der Waals surface area (Å²) in [5, 5.41) is 9.72. The van der Waals surface area contributed by atoms with Crippen molar-refractivity contribution in [1.29, 1.82) is 0 Å². The number of nitrogens with zero attached hydrogens (tertiary/aromatic N) is 6. The quantitative estimate of drug-likeness (QED) is 0.595. The average Bonchev–Trinajstić information content (AvgIpc) is 3.17. The lowest BCUT2D eigenvalue weighted by Gasteiger charge is -2.31. The number of rotatable bonds is 6. The fourth-order valence-electron chi connectivity index (χ4n) is 3.90. The first-order valence-corrected chi connectivity index (χ1v) is 10.2. The summed E-state index contributed by atoms with van der Waals surface area (Å²) in [6.45, 7) is 1.03. The van der Waals surface area contributed by atoms with Crippen molar-refractivity contribution in [3.63, 3.8) is 0 Å². The van der Waals surface area contributed by atoms with Gasteiger partial charge in [-0.2, -0.15) is 13.2 Å². The maximum absolute atomic E-state index is 12.8. The van der Waals surface area contributed by atoms with Crippen LogP contribution in [-0.4, -0.2) is 61.2 Å². The number of hydrogen-bond acceptors (Lipinski definition) is 6. The predicted molar refractivity (Wildman–Crippen MR) is 108 cm³/mol. The average molecular weight is 432 g/mol. The van der Waals surface area contributed by atoms with Gasteiger partial charge in [0.1, 0.15) is 17.8 Å². The molecule has 0 aliphatic carbocycles. The van der Waals surface area contributed by atoms with Crippen LogP contribution in [0.15, 0.2) is 30.9 Å². The number of fused-ring (bicyclic) bond motifs is 1. The number of aromatic nitrogens is 5. The second kappa shape index (κ2) is 8.70. The summed E-state index contributed by atoms with van der Waals surface area (Å²) >= 11 is 0.